The first-order valence-corrected chi connectivity index (χ1v) is 8.22. The summed E-state index contributed by atoms with van der Waals surface area (Å²) in [6, 6.07) is 0. The maximum absolute atomic E-state index is 4.79. The van der Waals surface area contributed by atoms with Crippen molar-refractivity contribution in [2.24, 2.45) is 5.92 Å². The van der Waals surface area contributed by atoms with E-state index in [1.54, 1.807) is 0 Å². The van der Waals surface area contributed by atoms with E-state index < -0.39 is 0 Å². The van der Waals surface area contributed by atoms with Gasteiger partial charge in [-0.1, -0.05) is 33.1 Å². The molecule has 0 bridgehead atoms. The molecule has 2 rings (SSSR count). The van der Waals surface area contributed by atoms with E-state index in [-0.39, 0.29) is 0 Å². The van der Waals surface area contributed by atoms with Crippen molar-refractivity contribution in [3.05, 3.63) is 16.0 Å². The normalized spacial score (nSPS) is 23.4. The minimum absolute atomic E-state index is 0.546. The maximum atomic E-state index is 4.79. The third-order valence-electron chi connectivity index (χ3n) is 4.23. The van der Waals surface area contributed by atoms with Crippen molar-refractivity contribution in [3.63, 3.8) is 0 Å². The molecule has 1 aromatic heterocycles. The van der Waals surface area contributed by atoms with E-state index in [1.807, 2.05) is 7.05 Å². The Balaban J connectivity index is 2.28. The highest BCUT2D eigenvalue weighted by Gasteiger charge is 2.25. The smallest absolute Gasteiger partial charge is 0.144 e. The van der Waals surface area contributed by atoms with Crippen LogP contribution in [0.3, 0.4) is 0 Å². The average Bonchev–Trinajstić information content (AvgIpc) is 2.47. The van der Waals surface area contributed by atoms with Gasteiger partial charge in [0.05, 0.1) is 10.2 Å². The van der Waals surface area contributed by atoms with Crippen molar-refractivity contribution < 1.29 is 0 Å². The number of hydrogen-bond acceptors (Lipinski definition) is 3. The standard InChI is InChI=1S/C15H24BrN3/c1-4-10-7-6-8-11(9-10)14-18-12(5-2)13(16)15(17-3)19-14/h10-11H,4-9H2,1-3H3,(H,17,18,19). The zero-order chi connectivity index (χ0) is 13.8. The van der Waals surface area contributed by atoms with Crippen LogP contribution in [0.25, 0.3) is 0 Å². The zero-order valence-electron chi connectivity index (χ0n) is 12.2. The van der Waals surface area contributed by atoms with Gasteiger partial charge in [0, 0.05) is 13.0 Å². The van der Waals surface area contributed by atoms with Gasteiger partial charge in [0.25, 0.3) is 0 Å². The summed E-state index contributed by atoms with van der Waals surface area (Å²) in [4.78, 5) is 9.52. The molecule has 1 aliphatic rings. The van der Waals surface area contributed by atoms with Crippen molar-refractivity contribution in [2.75, 3.05) is 12.4 Å². The first-order chi connectivity index (χ1) is 9.19. The highest BCUT2D eigenvalue weighted by Crippen LogP contribution is 2.37. The molecule has 1 heterocycles. The number of anilines is 1. The number of aryl methyl sites for hydroxylation is 1. The number of rotatable bonds is 4. The van der Waals surface area contributed by atoms with Gasteiger partial charge in [0.1, 0.15) is 11.6 Å². The van der Waals surface area contributed by atoms with Crippen molar-refractivity contribution in [1.82, 2.24) is 9.97 Å². The summed E-state index contributed by atoms with van der Waals surface area (Å²) >= 11 is 3.60. The molecule has 2 unspecified atom stereocenters. The molecule has 0 saturated heterocycles. The van der Waals surface area contributed by atoms with Gasteiger partial charge >= 0.3 is 0 Å². The molecule has 1 aromatic rings. The molecular formula is C15H24BrN3. The Bertz CT molecular complexity index is 408. The molecule has 1 aliphatic carbocycles. The number of nitrogens with one attached hydrogen (secondary N) is 1. The van der Waals surface area contributed by atoms with Crippen LogP contribution in [0.5, 0.6) is 0 Å². The summed E-state index contributed by atoms with van der Waals surface area (Å²) < 4.78 is 1.02. The first-order valence-electron chi connectivity index (χ1n) is 7.43. The SMILES string of the molecule is CCc1nc(C2CCCC(CC)C2)nc(NC)c1Br. The van der Waals surface area contributed by atoms with Crippen LogP contribution in [0.15, 0.2) is 4.47 Å². The molecule has 2 atom stereocenters. The van der Waals surface area contributed by atoms with Crippen molar-refractivity contribution in [1.29, 1.82) is 0 Å². The van der Waals surface area contributed by atoms with E-state index >= 15 is 0 Å². The second-order valence-electron chi connectivity index (χ2n) is 5.43. The lowest BCUT2D eigenvalue weighted by Crippen LogP contribution is -2.17. The first kappa shape index (κ1) is 14.8. The Labute approximate surface area is 124 Å². The van der Waals surface area contributed by atoms with E-state index in [4.69, 9.17) is 9.97 Å². The van der Waals surface area contributed by atoms with Crippen LogP contribution < -0.4 is 5.32 Å². The third-order valence-corrected chi connectivity index (χ3v) is 5.07. The largest absolute Gasteiger partial charge is 0.372 e. The third kappa shape index (κ3) is 3.28. The quantitative estimate of drug-likeness (QED) is 0.883. The van der Waals surface area contributed by atoms with Gasteiger partial charge in [-0.25, -0.2) is 9.97 Å². The summed E-state index contributed by atoms with van der Waals surface area (Å²) in [6.07, 6.45) is 7.41. The van der Waals surface area contributed by atoms with E-state index in [2.05, 4.69) is 35.1 Å². The summed E-state index contributed by atoms with van der Waals surface area (Å²) in [5.74, 6) is 3.38. The lowest BCUT2D eigenvalue weighted by Gasteiger charge is -2.28. The highest BCUT2D eigenvalue weighted by molar-refractivity contribution is 9.10. The Morgan fingerprint density at radius 2 is 2.05 bits per heavy atom. The lowest BCUT2D eigenvalue weighted by atomic mass is 9.80. The van der Waals surface area contributed by atoms with Gasteiger partial charge in [0.15, 0.2) is 0 Å². The molecule has 1 N–H and O–H groups in total. The average molecular weight is 326 g/mol. The molecule has 0 amide bonds. The Morgan fingerprint density at radius 1 is 1.26 bits per heavy atom. The molecule has 0 radical (unpaired) electrons. The molecule has 19 heavy (non-hydrogen) atoms. The summed E-state index contributed by atoms with van der Waals surface area (Å²) in [6.45, 7) is 4.44. The van der Waals surface area contributed by atoms with E-state index in [0.29, 0.717) is 5.92 Å². The molecular weight excluding hydrogens is 302 g/mol. The predicted octanol–water partition coefficient (Wildman–Crippen LogP) is 4.53. The zero-order valence-corrected chi connectivity index (χ0v) is 13.8. The second-order valence-corrected chi connectivity index (χ2v) is 6.23. The Kier molecular flexibility index (Phi) is 5.20. The van der Waals surface area contributed by atoms with E-state index in [1.165, 1.54) is 32.1 Å². The van der Waals surface area contributed by atoms with Crippen LogP contribution in [0.4, 0.5) is 5.82 Å². The van der Waals surface area contributed by atoms with Gasteiger partial charge in [-0.3, -0.25) is 0 Å². The number of aromatic nitrogens is 2. The number of nitrogens with zero attached hydrogens (tertiary/aromatic N) is 2. The van der Waals surface area contributed by atoms with Gasteiger partial charge in [-0.05, 0) is 41.1 Å². The Hall–Kier alpha value is -0.640. The van der Waals surface area contributed by atoms with Crippen molar-refractivity contribution >= 4 is 21.7 Å². The monoisotopic (exact) mass is 325 g/mol. The predicted molar refractivity (Wildman–Crippen MR) is 83.6 cm³/mol. The van der Waals surface area contributed by atoms with Crippen LogP contribution in [0.2, 0.25) is 0 Å². The van der Waals surface area contributed by atoms with Gasteiger partial charge in [-0.15, -0.1) is 0 Å². The minimum atomic E-state index is 0.546. The van der Waals surface area contributed by atoms with Crippen molar-refractivity contribution in [3.8, 4) is 0 Å². The number of hydrogen-bond donors (Lipinski definition) is 1. The van der Waals surface area contributed by atoms with Crippen LogP contribution in [-0.2, 0) is 6.42 Å². The van der Waals surface area contributed by atoms with E-state index in [9.17, 15) is 0 Å². The fourth-order valence-corrected chi connectivity index (χ4v) is 3.65. The molecule has 0 aliphatic heterocycles. The van der Waals surface area contributed by atoms with Crippen LogP contribution in [-0.4, -0.2) is 17.0 Å². The van der Waals surface area contributed by atoms with E-state index in [0.717, 1.165) is 34.1 Å². The minimum Gasteiger partial charge on any atom is -0.372 e. The fourth-order valence-electron chi connectivity index (χ4n) is 2.99. The molecule has 3 nitrogen and oxygen atoms in total. The molecule has 106 valence electrons. The lowest BCUT2D eigenvalue weighted by molar-refractivity contribution is 0.307. The highest BCUT2D eigenvalue weighted by atomic mass is 79.9. The summed E-state index contributed by atoms with van der Waals surface area (Å²) in [7, 11) is 1.92. The van der Waals surface area contributed by atoms with Crippen LogP contribution in [0, 0.1) is 5.92 Å². The molecule has 1 fully saturated rings. The summed E-state index contributed by atoms with van der Waals surface area (Å²) in [5.41, 5.74) is 1.12. The van der Waals surface area contributed by atoms with Crippen molar-refractivity contribution in [2.45, 2.75) is 58.3 Å². The molecule has 1 saturated carbocycles. The molecule has 0 spiro atoms. The summed E-state index contributed by atoms with van der Waals surface area (Å²) in [5, 5.41) is 3.18. The maximum Gasteiger partial charge on any atom is 0.144 e. The fraction of sp³-hybridized carbons (Fsp3) is 0.733. The van der Waals surface area contributed by atoms with Gasteiger partial charge < -0.3 is 5.32 Å². The van der Waals surface area contributed by atoms with Gasteiger partial charge in [-0.2, -0.15) is 0 Å². The second kappa shape index (κ2) is 6.69. The molecule has 4 heteroatoms. The van der Waals surface area contributed by atoms with Crippen LogP contribution in [0.1, 0.15) is 63.4 Å². The molecule has 0 aromatic carbocycles. The van der Waals surface area contributed by atoms with Crippen LogP contribution >= 0.6 is 15.9 Å². The van der Waals surface area contributed by atoms with Gasteiger partial charge in [0.2, 0.25) is 0 Å². The number of halogens is 1. The topological polar surface area (TPSA) is 37.8 Å². The Morgan fingerprint density at radius 3 is 2.68 bits per heavy atom.